The van der Waals surface area contributed by atoms with E-state index in [4.69, 9.17) is 21.3 Å². The van der Waals surface area contributed by atoms with E-state index < -0.39 is 5.92 Å². The molecule has 2 aliphatic heterocycles. The van der Waals surface area contributed by atoms with Gasteiger partial charge in [0.1, 0.15) is 16.6 Å². The summed E-state index contributed by atoms with van der Waals surface area (Å²) in [4.78, 5) is 31.9. The van der Waals surface area contributed by atoms with Gasteiger partial charge < -0.3 is 4.74 Å². The Morgan fingerprint density at radius 2 is 1.74 bits per heavy atom. The number of thiazole rings is 1. The first-order valence-corrected chi connectivity index (χ1v) is 10.7. The van der Waals surface area contributed by atoms with Crippen LogP contribution in [0, 0.1) is 17.8 Å². The van der Waals surface area contributed by atoms with E-state index in [2.05, 4.69) is 6.92 Å². The zero-order valence-corrected chi connectivity index (χ0v) is 16.6. The van der Waals surface area contributed by atoms with E-state index in [1.165, 1.54) is 0 Å². The van der Waals surface area contributed by atoms with E-state index in [0.717, 1.165) is 40.4 Å². The Morgan fingerprint density at radius 3 is 2.33 bits per heavy atom. The molecular formula is C21H20ClNO3S. The lowest BCUT2D eigenvalue weighted by atomic mass is 9.81. The second-order valence-corrected chi connectivity index (χ2v) is 9.17. The van der Waals surface area contributed by atoms with E-state index >= 15 is 0 Å². The molecule has 0 spiro atoms. The fourth-order valence-electron chi connectivity index (χ4n) is 4.93. The molecule has 6 heteroatoms. The molecule has 1 aromatic carbocycles. The minimum Gasteiger partial charge on any atom is -0.373 e. The number of aryl methyl sites for hydroxylation is 1. The lowest BCUT2D eigenvalue weighted by Crippen LogP contribution is -2.29. The van der Waals surface area contributed by atoms with Crippen LogP contribution in [-0.4, -0.2) is 28.8 Å². The van der Waals surface area contributed by atoms with Gasteiger partial charge in [0.05, 0.1) is 35.7 Å². The number of carbonyl (C=O) groups excluding carboxylic acids is 2. The van der Waals surface area contributed by atoms with Crippen molar-refractivity contribution < 1.29 is 14.3 Å². The van der Waals surface area contributed by atoms with E-state index in [-0.39, 0.29) is 35.6 Å². The predicted molar refractivity (Wildman–Crippen MR) is 104 cm³/mol. The highest BCUT2D eigenvalue weighted by Gasteiger charge is 2.62. The molecule has 5 rings (SSSR count). The Kier molecular flexibility index (Phi) is 4.22. The van der Waals surface area contributed by atoms with Crippen molar-refractivity contribution in [3.63, 3.8) is 0 Å². The summed E-state index contributed by atoms with van der Waals surface area (Å²) >= 11 is 7.62. The summed E-state index contributed by atoms with van der Waals surface area (Å²) in [6.45, 7) is 2.09. The van der Waals surface area contributed by atoms with Crippen molar-refractivity contribution in [3.05, 3.63) is 39.9 Å². The summed E-state index contributed by atoms with van der Waals surface area (Å²) in [6.07, 6.45) is 3.03. The van der Waals surface area contributed by atoms with Crippen LogP contribution in [0.4, 0.5) is 0 Å². The Hall–Kier alpha value is -1.56. The monoisotopic (exact) mass is 401 g/mol. The molecule has 2 bridgehead atoms. The number of halogens is 1. The third-order valence-electron chi connectivity index (χ3n) is 6.21. The second-order valence-electron chi connectivity index (χ2n) is 7.65. The highest BCUT2D eigenvalue weighted by molar-refractivity contribution is 7.15. The van der Waals surface area contributed by atoms with Crippen molar-refractivity contribution >= 4 is 34.5 Å². The Labute approximate surface area is 166 Å². The number of aromatic nitrogens is 1. The smallest absolute Gasteiger partial charge is 0.150 e. The SMILES string of the molecule is CCc1sc(-c2ccc(Cl)cc2)nc1CC1C(=O)C2C3CCC(O3)C2C1=O. The lowest BCUT2D eigenvalue weighted by Gasteiger charge is -2.17. The van der Waals surface area contributed by atoms with Gasteiger partial charge in [-0.1, -0.05) is 30.7 Å². The maximum absolute atomic E-state index is 13.0. The molecule has 2 saturated heterocycles. The normalized spacial score (nSPS) is 31.7. The highest BCUT2D eigenvalue weighted by atomic mass is 35.5. The Balaban J connectivity index is 1.43. The number of fused-ring (bicyclic) bond motifs is 5. The van der Waals surface area contributed by atoms with Crippen LogP contribution in [0.5, 0.6) is 0 Å². The van der Waals surface area contributed by atoms with Gasteiger partial charge in [0, 0.05) is 21.9 Å². The van der Waals surface area contributed by atoms with Crippen LogP contribution in [-0.2, 0) is 27.2 Å². The molecule has 27 heavy (non-hydrogen) atoms. The van der Waals surface area contributed by atoms with Crippen LogP contribution in [0.15, 0.2) is 24.3 Å². The summed E-state index contributed by atoms with van der Waals surface area (Å²) in [7, 11) is 0. The molecule has 0 N–H and O–H groups in total. The average molecular weight is 402 g/mol. The molecule has 1 saturated carbocycles. The number of rotatable bonds is 4. The van der Waals surface area contributed by atoms with Crippen LogP contribution < -0.4 is 0 Å². The molecule has 4 nitrogen and oxygen atoms in total. The summed E-state index contributed by atoms with van der Waals surface area (Å²) in [6, 6.07) is 7.61. The van der Waals surface area contributed by atoms with E-state index in [1.54, 1.807) is 11.3 Å². The molecule has 4 unspecified atom stereocenters. The molecule has 0 amide bonds. The first-order valence-electron chi connectivity index (χ1n) is 9.54. The van der Waals surface area contributed by atoms with Gasteiger partial charge in [-0.3, -0.25) is 9.59 Å². The number of nitrogens with zero attached hydrogens (tertiary/aromatic N) is 1. The van der Waals surface area contributed by atoms with Gasteiger partial charge in [0.25, 0.3) is 0 Å². The van der Waals surface area contributed by atoms with E-state index in [0.29, 0.717) is 11.4 Å². The molecule has 0 radical (unpaired) electrons. The molecule has 1 aromatic heterocycles. The van der Waals surface area contributed by atoms with Crippen molar-refractivity contribution in [2.24, 2.45) is 17.8 Å². The minimum absolute atomic E-state index is 0.0350. The third-order valence-corrected chi connectivity index (χ3v) is 7.75. The molecule has 1 aliphatic carbocycles. The summed E-state index contributed by atoms with van der Waals surface area (Å²) in [5, 5.41) is 1.61. The van der Waals surface area contributed by atoms with Crippen LogP contribution in [0.25, 0.3) is 10.6 Å². The molecular weight excluding hydrogens is 382 g/mol. The number of ketones is 2. The third kappa shape index (κ3) is 2.71. The van der Waals surface area contributed by atoms with Crippen molar-refractivity contribution in [2.45, 2.75) is 44.8 Å². The van der Waals surface area contributed by atoms with Gasteiger partial charge >= 0.3 is 0 Å². The van der Waals surface area contributed by atoms with Gasteiger partial charge in [-0.15, -0.1) is 11.3 Å². The first kappa shape index (κ1) is 17.5. The summed E-state index contributed by atoms with van der Waals surface area (Å²) in [5.74, 6) is -0.792. The summed E-state index contributed by atoms with van der Waals surface area (Å²) < 4.78 is 5.83. The predicted octanol–water partition coefficient (Wildman–Crippen LogP) is 4.13. The fourth-order valence-corrected chi connectivity index (χ4v) is 6.10. The van der Waals surface area contributed by atoms with Gasteiger partial charge in [0.15, 0.2) is 0 Å². The molecule has 140 valence electrons. The highest BCUT2D eigenvalue weighted by Crippen LogP contribution is 2.50. The summed E-state index contributed by atoms with van der Waals surface area (Å²) in [5.41, 5.74) is 1.91. The number of Topliss-reactive ketones (excluding diaryl/α,β-unsaturated/α-hetero) is 2. The van der Waals surface area contributed by atoms with Crippen molar-refractivity contribution in [1.82, 2.24) is 4.98 Å². The number of hydrogen-bond donors (Lipinski definition) is 0. The number of carbonyl (C=O) groups is 2. The maximum Gasteiger partial charge on any atom is 0.150 e. The van der Waals surface area contributed by atoms with Gasteiger partial charge in [-0.2, -0.15) is 0 Å². The molecule has 4 atom stereocenters. The number of hydrogen-bond acceptors (Lipinski definition) is 5. The molecule has 3 heterocycles. The average Bonchev–Trinajstić information content (AvgIpc) is 3.42. The standard InChI is InChI=1S/C21H20ClNO3S/c1-2-16-13(23-21(27-16)10-3-5-11(22)6-4-10)9-12-19(24)17-14-7-8-15(26-14)18(17)20(12)25/h3-6,12,14-15,17-18H,2,7-9H2,1H3. The van der Waals surface area contributed by atoms with Gasteiger partial charge in [-0.25, -0.2) is 4.98 Å². The van der Waals surface area contributed by atoms with Gasteiger partial charge in [0.2, 0.25) is 0 Å². The maximum atomic E-state index is 13.0. The molecule has 2 aromatic rings. The zero-order chi connectivity index (χ0) is 18.7. The van der Waals surface area contributed by atoms with Crippen LogP contribution in [0.1, 0.15) is 30.3 Å². The van der Waals surface area contributed by atoms with Crippen molar-refractivity contribution in [1.29, 1.82) is 0 Å². The van der Waals surface area contributed by atoms with Crippen LogP contribution in [0.3, 0.4) is 0 Å². The number of benzene rings is 1. The molecule has 3 aliphatic rings. The topological polar surface area (TPSA) is 56.3 Å². The Morgan fingerprint density at radius 1 is 1.11 bits per heavy atom. The quantitative estimate of drug-likeness (QED) is 0.723. The fraction of sp³-hybridized carbons (Fsp3) is 0.476. The van der Waals surface area contributed by atoms with Crippen LogP contribution >= 0.6 is 22.9 Å². The van der Waals surface area contributed by atoms with Crippen molar-refractivity contribution in [3.8, 4) is 10.6 Å². The van der Waals surface area contributed by atoms with Gasteiger partial charge in [-0.05, 0) is 31.4 Å². The number of ether oxygens (including phenoxy) is 1. The first-order chi connectivity index (χ1) is 13.1. The lowest BCUT2D eigenvalue weighted by molar-refractivity contribution is -0.130. The van der Waals surface area contributed by atoms with Crippen molar-refractivity contribution in [2.75, 3.05) is 0 Å². The minimum atomic E-state index is -0.544. The van der Waals surface area contributed by atoms with Crippen LogP contribution in [0.2, 0.25) is 5.02 Å². The Bertz CT molecular complexity index is 894. The van der Waals surface area contributed by atoms with E-state index in [9.17, 15) is 9.59 Å². The second kappa shape index (κ2) is 6.50. The molecule has 3 fully saturated rings. The van der Waals surface area contributed by atoms with E-state index in [1.807, 2.05) is 24.3 Å². The zero-order valence-electron chi connectivity index (χ0n) is 15.0. The largest absolute Gasteiger partial charge is 0.373 e.